The predicted molar refractivity (Wildman–Crippen MR) is 343 cm³/mol. The SMILES string of the molecule is c1ccc(-n2c3ccc(-c4cnc5ccc(N6c7ccccc7[Si](c7ccccc7)(c7ccccc7)c7ccccc76)nc5c4)cc3c3cc(N4c5ccccc5[Si](c5ccccc5)(c5ccccc5)c5ccccc54)ccc32)cc1. The number of rotatable bonds is 8. The summed E-state index contributed by atoms with van der Waals surface area (Å²) >= 11 is 0. The molecule has 0 radical (unpaired) electrons. The first-order valence-electron chi connectivity index (χ1n) is 27.8. The largest absolute Gasteiger partial charge is 0.311 e. The first kappa shape index (κ1) is 46.9. The third kappa shape index (κ3) is 7.02. The average molecular weight is 1070 g/mol. The van der Waals surface area contributed by atoms with Crippen LogP contribution in [0.15, 0.2) is 310 Å². The fraction of sp³-hybridized carbons (Fsp3) is 0. The Hall–Kier alpha value is -10.2. The van der Waals surface area contributed by atoms with Crippen molar-refractivity contribution in [2.75, 3.05) is 9.80 Å². The Bertz CT molecular complexity index is 4540. The van der Waals surface area contributed by atoms with E-state index in [-0.39, 0.29) is 0 Å². The van der Waals surface area contributed by atoms with Gasteiger partial charge in [0.25, 0.3) is 0 Å². The molecule has 0 N–H and O–H groups in total. The van der Waals surface area contributed by atoms with E-state index >= 15 is 0 Å². The molecule has 11 aromatic carbocycles. The molecule has 0 unspecified atom stereocenters. The third-order valence-electron chi connectivity index (χ3n) is 17.1. The summed E-state index contributed by atoms with van der Waals surface area (Å²) in [6, 6.07) is 112. The molecule has 0 atom stereocenters. The number of nitrogens with zero attached hydrogens (tertiary/aromatic N) is 5. The molecule has 81 heavy (non-hydrogen) atoms. The van der Waals surface area contributed by atoms with Gasteiger partial charge < -0.3 is 9.47 Å². The van der Waals surface area contributed by atoms with Crippen molar-refractivity contribution in [2.24, 2.45) is 0 Å². The maximum atomic E-state index is 5.55. The van der Waals surface area contributed by atoms with E-state index in [1.54, 1.807) is 0 Å². The molecule has 0 amide bonds. The molecule has 14 aromatic rings. The number of hydrogen-bond donors (Lipinski definition) is 0. The number of anilines is 6. The van der Waals surface area contributed by atoms with E-state index in [4.69, 9.17) is 9.97 Å². The van der Waals surface area contributed by atoms with E-state index in [1.807, 2.05) is 6.20 Å². The Morgan fingerprint density at radius 1 is 0.284 bits per heavy atom. The van der Waals surface area contributed by atoms with Gasteiger partial charge >= 0.3 is 0 Å². The standard InChI is InChI=1S/C74H51N5Si2/c1-6-24-54(25-7-1)77-64-45-42-52(48-60(64)61-50-55(43-46-65(61)77)78-66-34-16-20-38-70(66)80(56-26-8-2-9-27-56,57-28-10-3-11-29-57)71-39-21-17-35-67(71)78)53-49-63-62(75-51-53)44-47-74(76-63)79-68-36-18-22-40-72(68)81(58-30-12-4-13-31-58,59-32-14-5-15-33-59)73-41-23-19-37-69(73)79/h1-51H. The van der Waals surface area contributed by atoms with Crippen LogP contribution in [0.3, 0.4) is 0 Å². The zero-order valence-electron chi connectivity index (χ0n) is 44.2. The van der Waals surface area contributed by atoms with E-state index in [1.165, 1.54) is 58.3 Å². The summed E-state index contributed by atoms with van der Waals surface area (Å²) < 4.78 is 2.41. The van der Waals surface area contributed by atoms with Gasteiger partial charge in [-0.3, -0.25) is 9.88 Å². The van der Waals surface area contributed by atoms with Crippen molar-refractivity contribution in [3.8, 4) is 16.8 Å². The van der Waals surface area contributed by atoms with Gasteiger partial charge in [-0.2, -0.15) is 0 Å². The van der Waals surface area contributed by atoms with Crippen molar-refractivity contribution in [2.45, 2.75) is 0 Å². The molecule has 2 aliphatic rings. The molecular weight excluding hydrogens is 1020 g/mol. The first-order valence-corrected chi connectivity index (χ1v) is 31.8. The van der Waals surface area contributed by atoms with Crippen LogP contribution < -0.4 is 51.3 Å². The molecule has 16 rings (SSSR count). The van der Waals surface area contributed by atoms with Crippen LogP contribution in [-0.4, -0.2) is 30.7 Å². The molecule has 380 valence electrons. The summed E-state index contributed by atoms with van der Waals surface area (Å²) in [5.41, 5.74) is 13.0. The molecule has 2 aliphatic heterocycles. The minimum absolute atomic E-state index is 0.835. The van der Waals surface area contributed by atoms with E-state index in [0.29, 0.717) is 0 Å². The smallest absolute Gasteiger partial charge is 0.184 e. The average Bonchev–Trinajstić information content (AvgIpc) is 4.02. The Kier molecular flexibility index (Phi) is 10.8. The molecule has 0 saturated carbocycles. The normalized spacial score (nSPS) is 13.8. The second-order valence-corrected chi connectivity index (χ2v) is 28.7. The highest BCUT2D eigenvalue weighted by Crippen LogP contribution is 2.43. The summed E-state index contributed by atoms with van der Waals surface area (Å²) in [5, 5.41) is 13.2. The molecule has 7 heteroatoms. The Morgan fingerprint density at radius 2 is 0.691 bits per heavy atom. The van der Waals surface area contributed by atoms with Crippen LogP contribution in [0.25, 0.3) is 49.7 Å². The lowest BCUT2D eigenvalue weighted by Crippen LogP contribution is -2.77. The monoisotopic (exact) mass is 1070 g/mol. The Morgan fingerprint density at radius 3 is 1.17 bits per heavy atom. The van der Waals surface area contributed by atoms with Gasteiger partial charge in [-0.15, -0.1) is 0 Å². The summed E-state index contributed by atoms with van der Waals surface area (Å²) in [4.78, 5) is 15.6. The topological polar surface area (TPSA) is 37.2 Å². The van der Waals surface area contributed by atoms with E-state index in [9.17, 15) is 0 Å². The van der Waals surface area contributed by atoms with E-state index < -0.39 is 16.1 Å². The van der Waals surface area contributed by atoms with E-state index in [2.05, 4.69) is 318 Å². The van der Waals surface area contributed by atoms with Gasteiger partial charge in [-0.1, -0.05) is 218 Å². The lowest BCUT2D eigenvalue weighted by Gasteiger charge is -2.45. The maximum absolute atomic E-state index is 5.55. The first-order chi connectivity index (χ1) is 40.2. The van der Waals surface area contributed by atoms with Crippen LogP contribution >= 0.6 is 0 Å². The number of fused-ring (bicyclic) bond motifs is 8. The molecule has 0 spiro atoms. The number of para-hydroxylation sites is 5. The molecule has 0 saturated heterocycles. The second-order valence-electron chi connectivity index (χ2n) is 21.2. The number of benzene rings is 11. The van der Waals surface area contributed by atoms with Crippen LogP contribution in [0.1, 0.15) is 0 Å². The van der Waals surface area contributed by atoms with Crippen molar-refractivity contribution in [1.82, 2.24) is 14.5 Å². The van der Waals surface area contributed by atoms with Crippen LogP contribution in [0.5, 0.6) is 0 Å². The molecule has 0 bridgehead atoms. The molecule has 0 fully saturated rings. The number of pyridine rings is 2. The van der Waals surface area contributed by atoms with Gasteiger partial charge in [-0.25, -0.2) is 4.98 Å². The van der Waals surface area contributed by atoms with Gasteiger partial charge in [0, 0.05) is 56.7 Å². The van der Waals surface area contributed by atoms with Crippen LogP contribution in [0.2, 0.25) is 0 Å². The van der Waals surface area contributed by atoms with Crippen molar-refractivity contribution >= 4 is 125 Å². The minimum atomic E-state index is -2.79. The van der Waals surface area contributed by atoms with Crippen molar-refractivity contribution in [3.63, 3.8) is 0 Å². The van der Waals surface area contributed by atoms with Crippen molar-refractivity contribution < 1.29 is 0 Å². The van der Waals surface area contributed by atoms with Crippen LogP contribution in [-0.2, 0) is 0 Å². The lowest BCUT2D eigenvalue weighted by molar-refractivity contribution is 1.18. The van der Waals surface area contributed by atoms with E-state index in [0.717, 1.165) is 67.1 Å². The number of aromatic nitrogens is 3. The van der Waals surface area contributed by atoms with Crippen molar-refractivity contribution in [3.05, 3.63) is 310 Å². The molecule has 3 aromatic heterocycles. The molecule has 5 nitrogen and oxygen atoms in total. The summed E-state index contributed by atoms with van der Waals surface area (Å²) in [6.07, 6.45) is 2.01. The maximum Gasteiger partial charge on any atom is 0.184 e. The highest BCUT2D eigenvalue weighted by molar-refractivity contribution is 7.22. The van der Waals surface area contributed by atoms with Gasteiger partial charge in [-0.05, 0) is 132 Å². The number of hydrogen-bond acceptors (Lipinski definition) is 4. The van der Waals surface area contributed by atoms with Gasteiger partial charge in [0.05, 0.1) is 22.1 Å². The second kappa shape index (κ2) is 18.7. The summed E-state index contributed by atoms with van der Waals surface area (Å²) in [6.45, 7) is 0. The third-order valence-corrected chi connectivity index (χ3v) is 26.9. The summed E-state index contributed by atoms with van der Waals surface area (Å²) in [7, 11) is -5.57. The lowest BCUT2D eigenvalue weighted by atomic mass is 10.0. The zero-order chi connectivity index (χ0) is 53.5. The highest BCUT2D eigenvalue weighted by atomic mass is 28.3. The Balaban J connectivity index is 0.853. The minimum Gasteiger partial charge on any atom is -0.311 e. The highest BCUT2D eigenvalue weighted by Gasteiger charge is 2.50. The quantitative estimate of drug-likeness (QED) is 0.142. The van der Waals surface area contributed by atoms with Crippen LogP contribution in [0.4, 0.5) is 34.3 Å². The fourth-order valence-corrected chi connectivity index (χ4v) is 24.0. The Labute approximate surface area is 472 Å². The molecule has 0 aliphatic carbocycles. The molecule has 5 heterocycles. The van der Waals surface area contributed by atoms with Gasteiger partial charge in [0.1, 0.15) is 5.82 Å². The fourth-order valence-electron chi connectivity index (χ4n) is 13.8. The summed E-state index contributed by atoms with van der Waals surface area (Å²) in [5.74, 6) is 0.854. The van der Waals surface area contributed by atoms with Gasteiger partial charge in [0.2, 0.25) is 0 Å². The van der Waals surface area contributed by atoms with Crippen molar-refractivity contribution in [1.29, 1.82) is 0 Å². The predicted octanol–water partition coefficient (Wildman–Crippen LogP) is 12.7. The van der Waals surface area contributed by atoms with Crippen LogP contribution in [0, 0.1) is 0 Å². The van der Waals surface area contributed by atoms with Gasteiger partial charge in [0.15, 0.2) is 16.1 Å². The molecular formula is C74H51N5Si2. The zero-order valence-corrected chi connectivity index (χ0v) is 46.2.